The second-order valence-electron chi connectivity index (χ2n) is 3.77. The van der Waals surface area contributed by atoms with E-state index in [0.717, 1.165) is 0 Å². The SMILES string of the molecule is CSc1ccccc1C(=O)N(CCO)CC(F)(F)F. The standard InChI is InChI=1S/C12H14F3NO2S/c1-19-10-5-3-2-4-9(10)11(18)16(6-7-17)8-12(13,14)15/h2-5,17H,6-8H2,1H3. The van der Waals surface area contributed by atoms with Crippen LogP contribution >= 0.6 is 11.8 Å². The average molecular weight is 293 g/mol. The van der Waals surface area contributed by atoms with E-state index in [4.69, 9.17) is 5.11 Å². The Morgan fingerprint density at radius 1 is 1.37 bits per heavy atom. The van der Waals surface area contributed by atoms with Crippen molar-refractivity contribution in [3.05, 3.63) is 29.8 Å². The number of thioether (sulfide) groups is 1. The summed E-state index contributed by atoms with van der Waals surface area (Å²) in [5.41, 5.74) is 0.215. The molecule has 0 unspecified atom stereocenters. The Morgan fingerprint density at radius 3 is 2.53 bits per heavy atom. The fourth-order valence-corrected chi connectivity index (χ4v) is 2.17. The Balaban J connectivity index is 2.99. The number of alkyl halides is 3. The summed E-state index contributed by atoms with van der Waals surface area (Å²) in [6.45, 7) is -2.22. The summed E-state index contributed by atoms with van der Waals surface area (Å²) < 4.78 is 37.2. The van der Waals surface area contributed by atoms with E-state index in [0.29, 0.717) is 9.80 Å². The van der Waals surface area contributed by atoms with Crippen molar-refractivity contribution in [3.8, 4) is 0 Å². The zero-order valence-corrected chi connectivity index (χ0v) is 11.1. The van der Waals surface area contributed by atoms with Crippen molar-refractivity contribution >= 4 is 17.7 Å². The maximum absolute atomic E-state index is 12.4. The molecule has 0 heterocycles. The lowest BCUT2D eigenvalue weighted by atomic mass is 10.2. The normalized spacial score (nSPS) is 11.4. The maximum atomic E-state index is 12.4. The van der Waals surface area contributed by atoms with Gasteiger partial charge in [0.15, 0.2) is 0 Å². The van der Waals surface area contributed by atoms with Gasteiger partial charge in [0.2, 0.25) is 0 Å². The first-order valence-corrected chi connectivity index (χ1v) is 6.71. The largest absolute Gasteiger partial charge is 0.406 e. The van der Waals surface area contributed by atoms with E-state index < -0.39 is 25.2 Å². The van der Waals surface area contributed by atoms with Crippen molar-refractivity contribution < 1.29 is 23.1 Å². The molecule has 19 heavy (non-hydrogen) atoms. The topological polar surface area (TPSA) is 40.5 Å². The summed E-state index contributed by atoms with van der Waals surface area (Å²) >= 11 is 1.29. The van der Waals surface area contributed by atoms with E-state index in [2.05, 4.69) is 0 Å². The third kappa shape index (κ3) is 4.76. The zero-order valence-electron chi connectivity index (χ0n) is 10.3. The number of carbonyl (C=O) groups excluding carboxylic acids is 1. The number of benzene rings is 1. The van der Waals surface area contributed by atoms with Crippen LogP contribution in [0.3, 0.4) is 0 Å². The average Bonchev–Trinajstić information content (AvgIpc) is 2.36. The number of carbonyl (C=O) groups is 1. The van der Waals surface area contributed by atoms with Crippen LogP contribution in [0.15, 0.2) is 29.2 Å². The molecule has 0 saturated heterocycles. The lowest BCUT2D eigenvalue weighted by Crippen LogP contribution is -2.40. The van der Waals surface area contributed by atoms with E-state index in [-0.39, 0.29) is 12.1 Å². The van der Waals surface area contributed by atoms with Crippen LogP contribution in [0.25, 0.3) is 0 Å². The number of aliphatic hydroxyl groups is 1. The van der Waals surface area contributed by atoms with Crippen LogP contribution in [0.1, 0.15) is 10.4 Å². The van der Waals surface area contributed by atoms with Gasteiger partial charge in [-0.1, -0.05) is 12.1 Å². The molecule has 0 radical (unpaired) electrons. The van der Waals surface area contributed by atoms with E-state index in [1.54, 1.807) is 24.5 Å². The minimum atomic E-state index is -4.49. The zero-order chi connectivity index (χ0) is 14.5. The van der Waals surface area contributed by atoms with Gasteiger partial charge in [-0.15, -0.1) is 11.8 Å². The Hall–Kier alpha value is -1.21. The number of halogens is 3. The van der Waals surface area contributed by atoms with Crippen molar-refractivity contribution in [3.63, 3.8) is 0 Å². The molecule has 0 fully saturated rings. The lowest BCUT2D eigenvalue weighted by Gasteiger charge is -2.23. The van der Waals surface area contributed by atoms with Gasteiger partial charge in [-0.25, -0.2) is 0 Å². The van der Waals surface area contributed by atoms with Crippen LogP contribution in [0.4, 0.5) is 13.2 Å². The Morgan fingerprint density at radius 2 is 2.00 bits per heavy atom. The first-order chi connectivity index (χ1) is 8.89. The predicted octanol–water partition coefficient (Wildman–Crippen LogP) is 2.41. The van der Waals surface area contributed by atoms with Crippen LogP contribution in [0.5, 0.6) is 0 Å². The number of hydrogen-bond acceptors (Lipinski definition) is 3. The Labute approximate surface area is 113 Å². The fourth-order valence-electron chi connectivity index (χ4n) is 1.58. The molecule has 0 atom stereocenters. The third-order valence-corrected chi connectivity index (χ3v) is 3.16. The van der Waals surface area contributed by atoms with Crippen LogP contribution in [-0.2, 0) is 0 Å². The molecule has 0 aliphatic heterocycles. The quantitative estimate of drug-likeness (QED) is 0.848. The van der Waals surface area contributed by atoms with Crippen LogP contribution in [0, 0.1) is 0 Å². The smallest absolute Gasteiger partial charge is 0.395 e. The van der Waals surface area contributed by atoms with E-state index in [1.165, 1.54) is 17.8 Å². The second-order valence-corrected chi connectivity index (χ2v) is 4.61. The summed E-state index contributed by atoms with van der Waals surface area (Å²) in [7, 11) is 0. The minimum Gasteiger partial charge on any atom is -0.395 e. The molecule has 3 nitrogen and oxygen atoms in total. The summed E-state index contributed by atoms with van der Waals surface area (Å²) in [4.78, 5) is 13.3. The van der Waals surface area contributed by atoms with Gasteiger partial charge in [0.1, 0.15) is 6.54 Å². The monoisotopic (exact) mass is 293 g/mol. The molecule has 1 N–H and O–H groups in total. The van der Waals surface area contributed by atoms with Gasteiger partial charge in [0, 0.05) is 11.4 Å². The molecular weight excluding hydrogens is 279 g/mol. The van der Waals surface area contributed by atoms with Gasteiger partial charge < -0.3 is 10.0 Å². The predicted molar refractivity (Wildman–Crippen MR) is 67.3 cm³/mol. The van der Waals surface area contributed by atoms with Gasteiger partial charge >= 0.3 is 6.18 Å². The highest BCUT2D eigenvalue weighted by atomic mass is 32.2. The molecule has 7 heteroatoms. The minimum absolute atomic E-state index is 0.215. The Kier molecular flexibility index (Phi) is 5.68. The molecule has 1 aromatic carbocycles. The van der Waals surface area contributed by atoms with Gasteiger partial charge in [0.05, 0.1) is 12.2 Å². The first-order valence-electron chi connectivity index (χ1n) is 5.49. The number of rotatable bonds is 5. The molecule has 106 valence electrons. The highest BCUT2D eigenvalue weighted by Crippen LogP contribution is 2.23. The number of aliphatic hydroxyl groups excluding tert-OH is 1. The number of nitrogens with zero attached hydrogens (tertiary/aromatic N) is 1. The van der Waals surface area contributed by atoms with Gasteiger partial charge in [-0.05, 0) is 18.4 Å². The summed E-state index contributed by atoms with van der Waals surface area (Å²) in [6, 6.07) is 6.46. The van der Waals surface area contributed by atoms with E-state index in [9.17, 15) is 18.0 Å². The molecule has 0 aliphatic carbocycles. The molecule has 0 aromatic heterocycles. The van der Waals surface area contributed by atoms with E-state index >= 15 is 0 Å². The Bertz CT molecular complexity index is 437. The molecule has 0 spiro atoms. The molecule has 0 bridgehead atoms. The number of amides is 1. The second kappa shape index (κ2) is 6.81. The molecule has 0 aliphatic rings. The van der Waals surface area contributed by atoms with Crippen molar-refractivity contribution in [1.29, 1.82) is 0 Å². The fraction of sp³-hybridized carbons (Fsp3) is 0.417. The van der Waals surface area contributed by atoms with Gasteiger partial charge in [-0.2, -0.15) is 13.2 Å². The lowest BCUT2D eigenvalue weighted by molar-refractivity contribution is -0.141. The molecule has 1 amide bonds. The van der Waals surface area contributed by atoms with Crippen LogP contribution in [0.2, 0.25) is 0 Å². The highest BCUT2D eigenvalue weighted by Gasteiger charge is 2.33. The molecule has 1 aromatic rings. The van der Waals surface area contributed by atoms with Crippen molar-refractivity contribution in [2.75, 3.05) is 26.0 Å². The third-order valence-electron chi connectivity index (χ3n) is 2.36. The summed E-state index contributed by atoms with van der Waals surface area (Å²) in [5.74, 6) is -0.726. The molecule has 0 saturated carbocycles. The van der Waals surface area contributed by atoms with Crippen molar-refractivity contribution in [1.82, 2.24) is 4.90 Å². The molecule has 1 rings (SSSR count). The first kappa shape index (κ1) is 15.8. The van der Waals surface area contributed by atoms with E-state index in [1.807, 2.05) is 0 Å². The van der Waals surface area contributed by atoms with Gasteiger partial charge in [-0.3, -0.25) is 4.79 Å². The van der Waals surface area contributed by atoms with Crippen LogP contribution < -0.4 is 0 Å². The van der Waals surface area contributed by atoms with Crippen molar-refractivity contribution in [2.45, 2.75) is 11.1 Å². The van der Waals surface area contributed by atoms with Gasteiger partial charge in [0.25, 0.3) is 5.91 Å². The molecular formula is C12H14F3NO2S. The van der Waals surface area contributed by atoms with Crippen molar-refractivity contribution in [2.24, 2.45) is 0 Å². The maximum Gasteiger partial charge on any atom is 0.406 e. The summed E-state index contributed by atoms with van der Waals surface area (Å²) in [6.07, 6.45) is -2.74. The number of hydrogen-bond donors (Lipinski definition) is 1. The summed E-state index contributed by atoms with van der Waals surface area (Å²) in [5, 5.41) is 8.79. The highest BCUT2D eigenvalue weighted by molar-refractivity contribution is 7.98. The van der Waals surface area contributed by atoms with Crippen LogP contribution in [-0.4, -0.2) is 48.0 Å².